The molecule has 0 aromatic rings. The number of ether oxygens (including phenoxy) is 1. The number of aliphatic hydroxyl groups excluding tert-OH is 1. The van der Waals surface area contributed by atoms with Crippen molar-refractivity contribution in [1.29, 1.82) is 0 Å². The van der Waals surface area contributed by atoms with Crippen molar-refractivity contribution >= 4 is 22.7 Å². The van der Waals surface area contributed by atoms with E-state index in [-0.39, 0.29) is 17.3 Å². The van der Waals surface area contributed by atoms with E-state index >= 15 is 0 Å². The molecule has 0 amide bonds. The highest BCUT2D eigenvalue weighted by Gasteiger charge is 2.41. The van der Waals surface area contributed by atoms with Crippen molar-refractivity contribution in [1.82, 2.24) is 0 Å². The lowest BCUT2D eigenvalue weighted by molar-refractivity contribution is -0.130. The van der Waals surface area contributed by atoms with Gasteiger partial charge in [-0.25, -0.2) is 0 Å². The summed E-state index contributed by atoms with van der Waals surface area (Å²) in [4.78, 5) is 21.6. The first-order valence-electron chi connectivity index (χ1n) is 5.29. The Balaban J connectivity index is 1.95. The summed E-state index contributed by atoms with van der Waals surface area (Å²) in [6.45, 7) is 1.27. The van der Waals surface area contributed by atoms with Crippen LogP contribution in [0.4, 0.5) is 0 Å². The number of carbonyl (C=O) groups is 2. The average molecular weight is 247 g/mol. The van der Waals surface area contributed by atoms with Crippen molar-refractivity contribution in [2.24, 2.45) is 5.73 Å². The van der Waals surface area contributed by atoms with E-state index < -0.39 is 12.1 Å². The van der Waals surface area contributed by atoms with Crippen LogP contribution in [0.5, 0.6) is 0 Å². The number of nitrogens with two attached hydrogens (primary N) is 1. The first kappa shape index (κ1) is 13.6. The highest BCUT2D eigenvalue weighted by molar-refractivity contribution is 8.15. The molecule has 0 aromatic heterocycles. The number of rotatable bonds is 7. The quantitative estimate of drug-likeness (QED) is 0.375. The fourth-order valence-electron chi connectivity index (χ4n) is 1.34. The molecule has 0 bridgehead atoms. The lowest BCUT2D eigenvalue weighted by atomic mass is 10.1. The van der Waals surface area contributed by atoms with Crippen molar-refractivity contribution in [3.63, 3.8) is 0 Å². The minimum Gasteiger partial charge on any atom is -0.366 e. The Morgan fingerprint density at radius 3 is 2.62 bits per heavy atom. The van der Waals surface area contributed by atoms with Gasteiger partial charge in [-0.1, -0.05) is 18.2 Å². The predicted octanol–water partition coefficient (Wildman–Crippen LogP) is 0.0500. The number of epoxide rings is 1. The molecule has 1 aliphatic rings. The molecule has 0 aromatic carbocycles. The first-order valence-corrected chi connectivity index (χ1v) is 6.27. The number of aliphatic hydroxyl groups is 1. The van der Waals surface area contributed by atoms with Crippen LogP contribution in [0.3, 0.4) is 0 Å². The van der Waals surface area contributed by atoms with Crippen LogP contribution in [0.1, 0.15) is 26.2 Å². The fraction of sp³-hybridized carbons (Fsp3) is 0.800. The molecule has 1 heterocycles. The number of Topliss-reactive ketones (excluding diaryl/α,β-unsaturated/α-hetero) is 1. The molecule has 3 atom stereocenters. The molecule has 0 radical (unpaired) electrons. The summed E-state index contributed by atoms with van der Waals surface area (Å²) in [7, 11) is 0. The van der Waals surface area contributed by atoms with Crippen LogP contribution in [-0.2, 0) is 14.3 Å². The second-order valence-electron chi connectivity index (χ2n) is 3.84. The molecule has 5 nitrogen and oxygen atoms in total. The fourth-order valence-corrected chi connectivity index (χ4v) is 2.08. The van der Waals surface area contributed by atoms with Crippen LogP contribution in [0, 0.1) is 0 Å². The smallest absolute Gasteiger partial charge is 0.254 e. The van der Waals surface area contributed by atoms with Crippen LogP contribution < -0.4 is 5.73 Å². The Bertz CT molecular complexity index is 272. The summed E-state index contributed by atoms with van der Waals surface area (Å²) in [5.74, 6) is 0.232. The molecule has 3 unspecified atom stereocenters. The van der Waals surface area contributed by atoms with E-state index in [0.717, 1.165) is 31.0 Å². The van der Waals surface area contributed by atoms with E-state index in [1.54, 1.807) is 0 Å². The lowest BCUT2D eigenvalue weighted by Gasteiger charge is -2.06. The standard InChI is InChI=1S/C10H17NO4S/c1-6(12)10(14)16-5-3-2-4-7(11)8-9(13)15-8/h7-9,13H,2-5,11H2,1H3. The summed E-state index contributed by atoms with van der Waals surface area (Å²) < 4.78 is 4.83. The van der Waals surface area contributed by atoms with E-state index in [0.29, 0.717) is 5.75 Å². The average Bonchev–Trinajstić information content (AvgIpc) is 2.94. The van der Waals surface area contributed by atoms with Gasteiger partial charge in [-0.05, 0) is 12.8 Å². The molecule has 16 heavy (non-hydrogen) atoms. The van der Waals surface area contributed by atoms with Crippen molar-refractivity contribution in [3.05, 3.63) is 0 Å². The predicted molar refractivity (Wildman–Crippen MR) is 60.9 cm³/mol. The summed E-state index contributed by atoms with van der Waals surface area (Å²) in [6.07, 6.45) is 1.55. The normalized spacial score (nSPS) is 25.2. The maximum absolute atomic E-state index is 10.9. The van der Waals surface area contributed by atoms with E-state index in [2.05, 4.69) is 0 Å². The monoisotopic (exact) mass is 247 g/mol. The van der Waals surface area contributed by atoms with Crippen LogP contribution in [0.15, 0.2) is 0 Å². The van der Waals surface area contributed by atoms with Gasteiger partial charge in [-0.3, -0.25) is 9.59 Å². The van der Waals surface area contributed by atoms with E-state index in [9.17, 15) is 9.59 Å². The molecule has 3 N–H and O–H groups in total. The van der Waals surface area contributed by atoms with Crippen molar-refractivity contribution < 1.29 is 19.4 Å². The number of hydrogen-bond acceptors (Lipinski definition) is 6. The van der Waals surface area contributed by atoms with Gasteiger partial charge >= 0.3 is 0 Å². The highest BCUT2D eigenvalue weighted by atomic mass is 32.2. The number of hydrogen-bond donors (Lipinski definition) is 2. The third kappa shape index (κ3) is 4.61. The maximum Gasteiger partial charge on any atom is 0.254 e. The summed E-state index contributed by atoms with van der Waals surface area (Å²) in [5.41, 5.74) is 5.75. The highest BCUT2D eigenvalue weighted by Crippen LogP contribution is 2.24. The van der Waals surface area contributed by atoms with Crippen LogP contribution in [0.25, 0.3) is 0 Å². The van der Waals surface area contributed by atoms with Gasteiger partial charge in [0.25, 0.3) is 5.12 Å². The van der Waals surface area contributed by atoms with Gasteiger partial charge in [0.2, 0.25) is 5.78 Å². The third-order valence-electron chi connectivity index (χ3n) is 2.38. The molecule has 0 aliphatic carbocycles. The van der Waals surface area contributed by atoms with Crippen molar-refractivity contribution in [3.8, 4) is 0 Å². The van der Waals surface area contributed by atoms with E-state index in [4.69, 9.17) is 15.6 Å². The summed E-state index contributed by atoms with van der Waals surface area (Å²) in [6, 6.07) is -0.136. The Kier molecular flexibility index (Phi) is 5.40. The zero-order valence-electron chi connectivity index (χ0n) is 9.22. The van der Waals surface area contributed by atoms with Gasteiger partial charge in [0.1, 0.15) is 6.10 Å². The maximum atomic E-state index is 10.9. The molecule has 0 saturated carbocycles. The minimum atomic E-state index is -0.691. The van der Waals surface area contributed by atoms with Crippen LogP contribution in [-0.4, -0.2) is 40.2 Å². The molecule has 1 rings (SSSR count). The molecule has 6 heteroatoms. The number of thioether (sulfide) groups is 1. The Hall–Kier alpha value is -0.430. The zero-order valence-corrected chi connectivity index (χ0v) is 10.0. The topological polar surface area (TPSA) is 92.9 Å². The Labute approximate surface area is 98.7 Å². The SMILES string of the molecule is CC(=O)C(=O)SCCCCC(N)C1OC1O. The number of unbranched alkanes of at least 4 members (excludes halogenated alkanes) is 1. The molecule has 0 spiro atoms. The molecule has 1 saturated heterocycles. The number of ketones is 1. The molecular weight excluding hydrogens is 230 g/mol. The summed E-state index contributed by atoms with van der Waals surface area (Å²) in [5, 5.41) is 8.56. The minimum absolute atomic E-state index is 0.136. The second kappa shape index (κ2) is 6.34. The number of carbonyl (C=O) groups excluding carboxylic acids is 2. The van der Waals surface area contributed by atoms with Crippen molar-refractivity contribution in [2.75, 3.05) is 5.75 Å². The second-order valence-corrected chi connectivity index (χ2v) is 4.91. The van der Waals surface area contributed by atoms with Gasteiger partial charge in [-0.15, -0.1) is 0 Å². The van der Waals surface area contributed by atoms with Gasteiger partial charge in [0.05, 0.1) is 0 Å². The largest absolute Gasteiger partial charge is 0.366 e. The van der Waals surface area contributed by atoms with Gasteiger partial charge in [0, 0.05) is 18.7 Å². The Morgan fingerprint density at radius 2 is 2.12 bits per heavy atom. The first-order chi connectivity index (χ1) is 7.52. The van der Waals surface area contributed by atoms with Crippen LogP contribution in [0.2, 0.25) is 0 Å². The summed E-state index contributed by atoms with van der Waals surface area (Å²) >= 11 is 1.05. The van der Waals surface area contributed by atoms with Crippen LogP contribution >= 0.6 is 11.8 Å². The zero-order chi connectivity index (χ0) is 12.1. The van der Waals surface area contributed by atoms with Gasteiger partial charge in [-0.2, -0.15) is 0 Å². The van der Waals surface area contributed by atoms with Gasteiger partial charge < -0.3 is 15.6 Å². The molecule has 1 aliphatic heterocycles. The molecular formula is C10H17NO4S. The van der Waals surface area contributed by atoms with Crippen molar-refractivity contribution in [2.45, 2.75) is 44.6 Å². The van der Waals surface area contributed by atoms with Gasteiger partial charge in [0.15, 0.2) is 6.29 Å². The molecule has 92 valence electrons. The van der Waals surface area contributed by atoms with E-state index in [1.165, 1.54) is 6.92 Å². The lowest BCUT2D eigenvalue weighted by Crippen LogP contribution is -2.27. The Morgan fingerprint density at radius 1 is 1.50 bits per heavy atom. The van der Waals surface area contributed by atoms with E-state index in [1.807, 2.05) is 0 Å². The third-order valence-corrected chi connectivity index (χ3v) is 3.42. The molecule has 1 fully saturated rings.